The first-order chi connectivity index (χ1) is 11.8. The van der Waals surface area contributed by atoms with Crippen molar-refractivity contribution < 1.29 is 14.0 Å². The minimum absolute atomic E-state index is 0.0206. The fourth-order valence-electron chi connectivity index (χ4n) is 3.61. The van der Waals surface area contributed by atoms with E-state index >= 15 is 0 Å². The first-order valence-corrected chi connectivity index (χ1v) is 9.15. The zero-order valence-electron chi connectivity index (χ0n) is 15.6. The molecule has 140 valence electrons. The van der Waals surface area contributed by atoms with Crippen molar-refractivity contribution in [3.63, 3.8) is 0 Å². The van der Waals surface area contributed by atoms with Crippen molar-refractivity contribution in [3.05, 3.63) is 24.0 Å². The molecule has 2 rings (SSSR count). The summed E-state index contributed by atoms with van der Waals surface area (Å²) in [6, 6.07) is 1.17. The summed E-state index contributed by atoms with van der Waals surface area (Å²) in [6.45, 7) is 8.92. The van der Waals surface area contributed by atoms with E-state index < -0.39 is 12.2 Å². The molecule has 2 amide bonds. The standard InChI is InChI=1S/C19H30FN3O2/c1-12(2)15(13(3)4)9-18(24)22-17-6-8-23(11-16(17)20)19(25)14-5-7-21-10-14/h5,7,10,12-13,15-17,21H,6,8-9,11H2,1-4H3,(H,22,24). The Morgan fingerprint density at radius 3 is 2.52 bits per heavy atom. The molecular weight excluding hydrogens is 321 g/mol. The first-order valence-electron chi connectivity index (χ1n) is 9.15. The number of piperidine rings is 1. The van der Waals surface area contributed by atoms with Crippen molar-refractivity contribution in [1.82, 2.24) is 15.2 Å². The second-order valence-electron chi connectivity index (χ2n) is 7.69. The number of hydrogen-bond acceptors (Lipinski definition) is 2. The summed E-state index contributed by atoms with van der Waals surface area (Å²) in [7, 11) is 0. The molecule has 0 spiro atoms. The molecule has 1 saturated heterocycles. The zero-order valence-corrected chi connectivity index (χ0v) is 15.6. The minimum atomic E-state index is -1.24. The van der Waals surface area contributed by atoms with Crippen molar-refractivity contribution in [2.45, 2.75) is 52.8 Å². The van der Waals surface area contributed by atoms with Crippen LogP contribution in [0.25, 0.3) is 0 Å². The lowest BCUT2D eigenvalue weighted by molar-refractivity contribution is -0.124. The molecular formula is C19H30FN3O2. The number of H-pyrrole nitrogens is 1. The molecule has 0 saturated carbocycles. The van der Waals surface area contributed by atoms with Gasteiger partial charge in [-0.1, -0.05) is 27.7 Å². The fourth-order valence-corrected chi connectivity index (χ4v) is 3.61. The summed E-state index contributed by atoms with van der Waals surface area (Å²) < 4.78 is 14.5. The third-order valence-electron chi connectivity index (χ3n) is 5.15. The number of likely N-dealkylation sites (tertiary alicyclic amines) is 1. The van der Waals surface area contributed by atoms with Crippen molar-refractivity contribution in [2.24, 2.45) is 17.8 Å². The van der Waals surface area contributed by atoms with E-state index in [4.69, 9.17) is 0 Å². The van der Waals surface area contributed by atoms with Gasteiger partial charge in [0.2, 0.25) is 5.91 Å². The topological polar surface area (TPSA) is 65.2 Å². The SMILES string of the molecule is CC(C)C(CC(=O)NC1CCN(C(=O)c2cc[nH]c2)CC1F)C(C)C. The molecule has 25 heavy (non-hydrogen) atoms. The van der Waals surface area contributed by atoms with Crippen LogP contribution in [0.15, 0.2) is 18.5 Å². The Kier molecular flexibility index (Phi) is 6.62. The molecule has 1 fully saturated rings. The molecule has 2 N–H and O–H groups in total. The monoisotopic (exact) mass is 351 g/mol. The van der Waals surface area contributed by atoms with E-state index in [1.807, 2.05) is 0 Å². The predicted molar refractivity (Wildman–Crippen MR) is 95.9 cm³/mol. The van der Waals surface area contributed by atoms with E-state index in [0.29, 0.717) is 36.8 Å². The maximum atomic E-state index is 14.5. The average Bonchev–Trinajstić information content (AvgIpc) is 3.07. The van der Waals surface area contributed by atoms with Crippen molar-refractivity contribution in [1.29, 1.82) is 0 Å². The number of carbonyl (C=O) groups is 2. The Morgan fingerprint density at radius 2 is 2.00 bits per heavy atom. The molecule has 1 aromatic heterocycles. The Balaban J connectivity index is 1.87. The van der Waals surface area contributed by atoms with Gasteiger partial charge in [0, 0.05) is 25.4 Å². The molecule has 5 nitrogen and oxygen atoms in total. The van der Waals surface area contributed by atoms with Crippen molar-refractivity contribution >= 4 is 11.8 Å². The van der Waals surface area contributed by atoms with Gasteiger partial charge in [-0.2, -0.15) is 0 Å². The number of nitrogens with zero attached hydrogens (tertiary/aromatic N) is 1. The maximum absolute atomic E-state index is 14.5. The molecule has 0 bridgehead atoms. The molecule has 0 aromatic carbocycles. The highest BCUT2D eigenvalue weighted by molar-refractivity contribution is 5.94. The summed E-state index contributed by atoms with van der Waals surface area (Å²) in [4.78, 5) is 28.9. The molecule has 2 unspecified atom stereocenters. The molecule has 0 radical (unpaired) electrons. The minimum Gasteiger partial charge on any atom is -0.367 e. The van der Waals surface area contributed by atoms with Gasteiger partial charge in [0.05, 0.1) is 18.2 Å². The summed E-state index contributed by atoms with van der Waals surface area (Å²) in [5.41, 5.74) is 0.534. The maximum Gasteiger partial charge on any atom is 0.255 e. The lowest BCUT2D eigenvalue weighted by Gasteiger charge is -2.35. The van der Waals surface area contributed by atoms with Crippen LogP contribution in [-0.2, 0) is 4.79 Å². The van der Waals surface area contributed by atoms with Crippen LogP contribution in [0.4, 0.5) is 4.39 Å². The second-order valence-corrected chi connectivity index (χ2v) is 7.69. The lowest BCUT2D eigenvalue weighted by Crippen LogP contribution is -2.54. The predicted octanol–water partition coefficient (Wildman–Crippen LogP) is 3.00. The Hall–Kier alpha value is -1.85. The van der Waals surface area contributed by atoms with Gasteiger partial charge >= 0.3 is 0 Å². The molecule has 2 heterocycles. The number of rotatable bonds is 6. The highest BCUT2D eigenvalue weighted by atomic mass is 19.1. The van der Waals surface area contributed by atoms with Gasteiger partial charge in [-0.3, -0.25) is 9.59 Å². The van der Waals surface area contributed by atoms with Crippen LogP contribution < -0.4 is 5.32 Å². The van der Waals surface area contributed by atoms with E-state index in [-0.39, 0.29) is 24.3 Å². The van der Waals surface area contributed by atoms with E-state index in [2.05, 4.69) is 38.0 Å². The number of amides is 2. The van der Waals surface area contributed by atoms with E-state index in [0.717, 1.165) is 0 Å². The molecule has 1 aliphatic heterocycles. The third-order valence-corrected chi connectivity index (χ3v) is 5.15. The average molecular weight is 351 g/mol. The molecule has 2 atom stereocenters. The Labute approximate surface area is 149 Å². The van der Waals surface area contributed by atoms with Gasteiger partial charge in [0.25, 0.3) is 5.91 Å². The van der Waals surface area contributed by atoms with Gasteiger partial charge in [0.15, 0.2) is 0 Å². The second kappa shape index (κ2) is 8.50. The highest BCUT2D eigenvalue weighted by Crippen LogP contribution is 2.24. The van der Waals surface area contributed by atoms with Gasteiger partial charge in [-0.15, -0.1) is 0 Å². The normalized spacial score (nSPS) is 21.2. The number of carbonyl (C=O) groups excluding carboxylic acids is 2. The number of aromatic amines is 1. The summed E-state index contributed by atoms with van der Waals surface area (Å²) >= 11 is 0. The van der Waals surface area contributed by atoms with E-state index in [9.17, 15) is 14.0 Å². The third kappa shape index (κ3) is 5.06. The van der Waals surface area contributed by atoms with Crippen LogP contribution in [0.5, 0.6) is 0 Å². The van der Waals surface area contributed by atoms with Gasteiger partial charge in [-0.25, -0.2) is 4.39 Å². The molecule has 1 aromatic rings. The van der Waals surface area contributed by atoms with Gasteiger partial charge < -0.3 is 15.2 Å². The van der Waals surface area contributed by atoms with E-state index in [1.54, 1.807) is 18.5 Å². The largest absolute Gasteiger partial charge is 0.367 e. The van der Waals surface area contributed by atoms with Crippen LogP contribution >= 0.6 is 0 Å². The molecule has 1 aliphatic rings. The quantitative estimate of drug-likeness (QED) is 0.827. The highest BCUT2D eigenvalue weighted by Gasteiger charge is 2.33. The summed E-state index contributed by atoms with van der Waals surface area (Å²) in [5.74, 6) is 0.840. The van der Waals surface area contributed by atoms with Crippen LogP contribution in [0, 0.1) is 17.8 Å². The Bertz CT molecular complexity index is 563. The van der Waals surface area contributed by atoms with Crippen LogP contribution in [0.2, 0.25) is 0 Å². The Morgan fingerprint density at radius 1 is 1.32 bits per heavy atom. The van der Waals surface area contributed by atoms with Crippen molar-refractivity contribution in [2.75, 3.05) is 13.1 Å². The summed E-state index contributed by atoms with van der Waals surface area (Å²) in [5, 5.41) is 2.85. The van der Waals surface area contributed by atoms with Crippen LogP contribution in [0.3, 0.4) is 0 Å². The van der Waals surface area contributed by atoms with Gasteiger partial charge in [-0.05, 0) is 30.2 Å². The fraction of sp³-hybridized carbons (Fsp3) is 0.684. The number of nitrogens with one attached hydrogen (secondary N) is 2. The number of aromatic nitrogens is 1. The van der Waals surface area contributed by atoms with Crippen LogP contribution in [-0.4, -0.2) is 47.0 Å². The number of hydrogen-bond donors (Lipinski definition) is 2. The molecule has 0 aliphatic carbocycles. The first kappa shape index (κ1) is 19.5. The smallest absolute Gasteiger partial charge is 0.255 e. The summed E-state index contributed by atoms with van der Waals surface area (Å²) in [6.07, 6.45) is 2.91. The number of halogens is 1. The zero-order chi connectivity index (χ0) is 18.6. The van der Waals surface area contributed by atoms with Crippen LogP contribution in [0.1, 0.15) is 50.9 Å². The number of alkyl halides is 1. The van der Waals surface area contributed by atoms with Gasteiger partial charge in [0.1, 0.15) is 6.17 Å². The van der Waals surface area contributed by atoms with Crippen molar-refractivity contribution in [3.8, 4) is 0 Å². The lowest BCUT2D eigenvalue weighted by atomic mass is 9.83. The van der Waals surface area contributed by atoms with E-state index in [1.165, 1.54) is 4.90 Å². The molecule has 6 heteroatoms.